The molecule has 0 aliphatic carbocycles. The highest BCUT2D eigenvalue weighted by atomic mass is 32.1. The molecule has 0 fully saturated rings. The molecule has 0 aliphatic rings. The highest BCUT2D eigenvalue weighted by Gasteiger charge is 2.09. The maximum atomic E-state index is 9.74. The number of aromatic hydroxyl groups is 2. The number of rotatable bonds is 3. The maximum Gasteiger partial charge on any atom is 0.216 e. The van der Waals surface area contributed by atoms with Crippen LogP contribution in [0.5, 0.6) is 11.5 Å². The van der Waals surface area contributed by atoms with Gasteiger partial charge in [0, 0.05) is 24.0 Å². The van der Waals surface area contributed by atoms with Crippen molar-refractivity contribution in [1.29, 1.82) is 0 Å². The molecule has 0 aliphatic heterocycles. The van der Waals surface area contributed by atoms with Crippen molar-refractivity contribution < 1.29 is 10.2 Å². The first kappa shape index (κ1) is 13.9. The lowest BCUT2D eigenvalue weighted by Crippen LogP contribution is -1.97. The molecule has 3 N–H and O–H groups in total. The topological polar surface area (TPSA) is 112 Å². The van der Waals surface area contributed by atoms with Gasteiger partial charge in [-0.3, -0.25) is 4.98 Å². The standard InChI is InChI=1S/C13H10N6O2S/c20-9-2-1-8(11(21)5-9)6-16-19-12(17-18-13(19)22)10-7-14-3-4-15-10/h1-7,20-21H,(H,18,22)/b16-6+. The molecule has 0 saturated carbocycles. The molecule has 110 valence electrons. The Bertz CT molecular complexity index is 887. The summed E-state index contributed by atoms with van der Waals surface area (Å²) >= 11 is 5.12. The van der Waals surface area contributed by atoms with E-state index in [4.69, 9.17) is 12.2 Å². The number of H-pyrrole nitrogens is 1. The fraction of sp³-hybridized carbons (Fsp3) is 0. The average molecular weight is 314 g/mol. The first-order chi connectivity index (χ1) is 10.6. The lowest BCUT2D eigenvalue weighted by Gasteiger charge is -2.01. The third kappa shape index (κ3) is 2.69. The normalized spacial score (nSPS) is 11.1. The molecule has 0 radical (unpaired) electrons. The summed E-state index contributed by atoms with van der Waals surface area (Å²) in [5.74, 6) is 0.266. The molecular weight excluding hydrogens is 304 g/mol. The van der Waals surface area contributed by atoms with E-state index in [1.165, 1.54) is 41.5 Å². The molecule has 8 nitrogen and oxygen atoms in total. The molecule has 0 unspecified atom stereocenters. The van der Waals surface area contributed by atoms with Crippen molar-refractivity contribution in [3.63, 3.8) is 0 Å². The van der Waals surface area contributed by atoms with Crippen molar-refractivity contribution in [1.82, 2.24) is 24.8 Å². The van der Waals surface area contributed by atoms with Gasteiger partial charge in [-0.1, -0.05) is 0 Å². The Hall–Kier alpha value is -3.07. The van der Waals surface area contributed by atoms with Gasteiger partial charge in [0.05, 0.1) is 12.4 Å². The first-order valence-corrected chi connectivity index (χ1v) is 6.56. The van der Waals surface area contributed by atoms with Gasteiger partial charge in [-0.05, 0) is 24.4 Å². The van der Waals surface area contributed by atoms with E-state index in [1.807, 2.05) is 0 Å². The molecule has 0 saturated heterocycles. The smallest absolute Gasteiger partial charge is 0.216 e. The number of benzene rings is 1. The van der Waals surface area contributed by atoms with E-state index in [0.717, 1.165) is 0 Å². The zero-order valence-corrected chi connectivity index (χ0v) is 11.9. The summed E-state index contributed by atoms with van der Waals surface area (Å²) in [7, 11) is 0. The number of nitrogens with one attached hydrogen (secondary N) is 1. The Morgan fingerprint density at radius 2 is 2.14 bits per heavy atom. The molecule has 22 heavy (non-hydrogen) atoms. The van der Waals surface area contributed by atoms with Crippen molar-refractivity contribution >= 4 is 18.4 Å². The van der Waals surface area contributed by atoms with Gasteiger partial charge >= 0.3 is 0 Å². The van der Waals surface area contributed by atoms with Crippen LogP contribution in [0.2, 0.25) is 0 Å². The number of hydrogen-bond donors (Lipinski definition) is 3. The van der Waals surface area contributed by atoms with Gasteiger partial charge in [0.2, 0.25) is 10.6 Å². The molecule has 1 aromatic carbocycles. The fourth-order valence-corrected chi connectivity index (χ4v) is 1.92. The van der Waals surface area contributed by atoms with Crippen molar-refractivity contribution in [2.45, 2.75) is 0 Å². The Kier molecular flexibility index (Phi) is 3.62. The largest absolute Gasteiger partial charge is 0.508 e. The zero-order valence-electron chi connectivity index (χ0n) is 11.1. The number of nitrogens with zero attached hydrogens (tertiary/aromatic N) is 5. The van der Waals surface area contributed by atoms with Gasteiger partial charge in [0.15, 0.2) is 0 Å². The van der Waals surface area contributed by atoms with Crippen LogP contribution in [0.25, 0.3) is 11.5 Å². The molecule has 0 amide bonds. The lowest BCUT2D eigenvalue weighted by atomic mass is 10.2. The van der Waals surface area contributed by atoms with Crippen molar-refractivity contribution in [2.75, 3.05) is 0 Å². The second kappa shape index (κ2) is 5.74. The summed E-state index contributed by atoms with van der Waals surface area (Å²) in [6.45, 7) is 0. The summed E-state index contributed by atoms with van der Waals surface area (Å²) in [6, 6.07) is 4.19. The van der Waals surface area contributed by atoms with Gasteiger partial charge in [-0.15, -0.1) is 0 Å². The minimum absolute atomic E-state index is 0.0326. The Labute approximate surface area is 129 Å². The number of phenolic OH excluding ortho intramolecular Hbond substituents is 2. The molecule has 9 heteroatoms. The van der Waals surface area contributed by atoms with E-state index < -0.39 is 0 Å². The maximum absolute atomic E-state index is 9.74. The summed E-state index contributed by atoms with van der Waals surface area (Å²) in [5.41, 5.74) is 0.924. The molecule has 0 atom stereocenters. The van der Waals surface area contributed by atoms with Gasteiger partial charge in [0.1, 0.15) is 17.2 Å². The Morgan fingerprint density at radius 3 is 2.86 bits per heavy atom. The van der Waals surface area contributed by atoms with E-state index in [1.54, 1.807) is 6.20 Å². The summed E-state index contributed by atoms with van der Waals surface area (Å²) in [5, 5.41) is 29.9. The summed E-state index contributed by atoms with van der Waals surface area (Å²) < 4.78 is 1.64. The predicted molar refractivity (Wildman–Crippen MR) is 81.2 cm³/mol. The number of aromatic nitrogens is 5. The molecular formula is C13H10N6O2S. The molecule has 0 spiro atoms. The first-order valence-electron chi connectivity index (χ1n) is 6.15. The van der Waals surface area contributed by atoms with E-state index in [2.05, 4.69) is 25.3 Å². The average Bonchev–Trinajstić information content (AvgIpc) is 2.88. The van der Waals surface area contributed by atoms with Crippen LogP contribution < -0.4 is 0 Å². The van der Waals surface area contributed by atoms with Gasteiger partial charge in [0.25, 0.3) is 0 Å². The molecule has 3 aromatic rings. The minimum Gasteiger partial charge on any atom is -0.508 e. The van der Waals surface area contributed by atoms with E-state index >= 15 is 0 Å². The Balaban J connectivity index is 2.01. The van der Waals surface area contributed by atoms with Gasteiger partial charge < -0.3 is 10.2 Å². The molecule has 2 aromatic heterocycles. The minimum atomic E-state index is -0.0974. The SMILES string of the molecule is Oc1ccc(/C=N/n2c(-c3cnccn3)n[nH]c2=S)c(O)c1. The van der Waals surface area contributed by atoms with Crippen LogP contribution in [-0.2, 0) is 0 Å². The quantitative estimate of drug-likeness (QED) is 0.501. The van der Waals surface area contributed by atoms with Crippen LogP contribution in [0.15, 0.2) is 41.9 Å². The third-order valence-electron chi connectivity index (χ3n) is 2.77. The monoisotopic (exact) mass is 314 g/mol. The molecule has 0 bridgehead atoms. The number of aromatic amines is 1. The third-order valence-corrected chi connectivity index (χ3v) is 3.03. The van der Waals surface area contributed by atoms with E-state index in [9.17, 15) is 10.2 Å². The molecule has 3 rings (SSSR count). The van der Waals surface area contributed by atoms with E-state index in [-0.39, 0.29) is 16.3 Å². The predicted octanol–water partition coefficient (Wildman–Crippen LogP) is 1.69. The van der Waals surface area contributed by atoms with Crippen molar-refractivity contribution in [3.05, 3.63) is 47.1 Å². The van der Waals surface area contributed by atoms with Gasteiger partial charge in [-0.25, -0.2) is 10.1 Å². The highest BCUT2D eigenvalue weighted by Crippen LogP contribution is 2.21. The number of phenols is 2. The second-order valence-electron chi connectivity index (χ2n) is 4.24. The molecule has 2 heterocycles. The summed E-state index contributed by atoms with van der Waals surface area (Å²) in [4.78, 5) is 8.11. The van der Waals surface area contributed by atoms with Crippen LogP contribution >= 0.6 is 12.2 Å². The van der Waals surface area contributed by atoms with Crippen LogP contribution in [-0.4, -0.2) is 41.3 Å². The van der Waals surface area contributed by atoms with Crippen LogP contribution in [0.4, 0.5) is 0 Å². The van der Waals surface area contributed by atoms with Crippen molar-refractivity contribution in [2.24, 2.45) is 5.10 Å². The summed E-state index contributed by atoms with van der Waals surface area (Å²) in [6.07, 6.45) is 6.02. The Morgan fingerprint density at radius 1 is 1.27 bits per heavy atom. The lowest BCUT2D eigenvalue weighted by molar-refractivity contribution is 0.450. The van der Waals surface area contributed by atoms with Crippen molar-refractivity contribution in [3.8, 4) is 23.0 Å². The van der Waals surface area contributed by atoms with Gasteiger partial charge in [-0.2, -0.15) is 14.9 Å². The second-order valence-corrected chi connectivity index (χ2v) is 4.63. The van der Waals surface area contributed by atoms with Crippen LogP contribution in [0.1, 0.15) is 5.56 Å². The van der Waals surface area contributed by atoms with E-state index in [0.29, 0.717) is 17.1 Å². The van der Waals surface area contributed by atoms with Crippen LogP contribution in [0.3, 0.4) is 0 Å². The zero-order chi connectivity index (χ0) is 15.5. The number of hydrogen-bond acceptors (Lipinski definition) is 7. The highest BCUT2D eigenvalue weighted by molar-refractivity contribution is 7.71. The van der Waals surface area contributed by atoms with Crippen LogP contribution in [0, 0.1) is 4.77 Å². The fourth-order valence-electron chi connectivity index (χ4n) is 1.74.